The third kappa shape index (κ3) is 2.32. The van der Waals surface area contributed by atoms with Gasteiger partial charge in [-0.15, -0.1) is 0 Å². The van der Waals surface area contributed by atoms with Gasteiger partial charge in [0.25, 0.3) is 0 Å². The molecule has 2 aliphatic carbocycles. The van der Waals surface area contributed by atoms with Gasteiger partial charge in [0.1, 0.15) is 11.6 Å². The molecule has 35 heavy (non-hydrogen) atoms. The molecule has 166 valence electrons. The van der Waals surface area contributed by atoms with Crippen molar-refractivity contribution in [2.45, 2.75) is 25.3 Å². The van der Waals surface area contributed by atoms with Crippen molar-refractivity contribution in [3.63, 3.8) is 0 Å². The second-order valence-corrected chi connectivity index (χ2v) is 10.4. The van der Waals surface area contributed by atoms with Crippen molar-refractivity contribution in [2.75, 3.05) is 0 Å². The Morgan fingerprint density at radius 1 is 0.743 bits per heavy atom. The van der Waals surface area contributed by atoms with E-state index in [1.165, 1.54) is 61.1 Å². The van der Waals surface area contributed by atoms with Gasteiger partial charge in [-0.25, -0.2) is 0 Å². The first-order valence-electron chi connectivity index (χ1n) is 12.4. The molecule has 2 heteroatoms. The van der Waals surface area contributed by atoms with Crippen LogP contribution in [0.1, 0.15) is 31.0 Å². The second-order valence-electron chi connectivity index (χ2n) is 10.4. The summed E-state index contributed by atoms with van der Waals surface area (Å²) >= 11 is 0. The third-order valence-electron chi connectivity index (χ3n) is 8.27. The average molecular weight is 450 g/mol. The second kappa shape index (κ2) is 6.49. The Kier molecular flexibility index (Phi) is 3.55. The number of fused-ring (bicyclic) bond motifs is 8. The van der Waals surface area contributed by atoms with E-state index < -0.39 is 0 Å². The zero-order valence-electron chi connectivity index (χ0n) is 19.9. The van der Waals surface area contributed by atoms with Gasteiger partial charge in [0.15, 0.2) is 0 Å². The highest BCUT2D eigenvalue weighted by Gasteiger charge is 2.40. The van der Waals surface area contributed by atoms with E-state index in [1.54, 1.807) is 0 Å². The molecule has 0 radical (unpaired) electrons. The number of hydrogen-bond donors (Lipinski definition) is 0. The summed E-state index contributed by atoms with van der Waals surface area (Å²) in [6.07, 6.45) is 8.97. The molecule has 0 saturated carbocycles. The zero-order chi connectivity index (χ0) is 23.3. The summed E-state index contributed by atoms with van der Waals surface area (Å²) in [7, 11) is 0. The molecule has 1 unspecified atom stereocenters. The highest BCUT2D eigenvalue weighted by molar-refractivity contribution is 6.19. The molecule has 3 aliphatic rings. The number of aromatic nitrogens is 1. The van der Waals surface area contributed by atoms with Crippen molar-refractivity contribution in [1.29, 1.82) is 0 Å². The van der Waals surface area contributed by atoms with Crippen LogP contribution in [0.5, 0.6) is 0 Å². The first kappa shape index (κ1) is 19.2. The van der Waals surface area contributed by atoms with Crippen molar-refractivity contribution in [2.24, 2.45) is 0 Å². The lowest BCUT2D eigenvalue weighted by Crippen LogP contribution is -2.30. The fourth-order valence-corrected chi connectivity index (χ4v) is 6.69. The Labute approximate surface area is 204 Å². The number of rotatable bonds is 1. The molecule has 0 saturated heterocycles. The monoisotopic (exact) mass is 449 g/mol. The fraction of sp³-hybridized carbons (Fsp3) is 0.121. The molecule has 2 heterocycles. The molecule has 0 fully saturated rings. The molecule has 4 aromatic carbocycles. The number of para-hydroxylation sites is 2. The number of nitrogens with zero attached hydrogens (tertiary/aromatic N) is 2. The lowest BCUT2D eigenvalue weighted by Gasteiger charge is -2.25. The Bertz CT molecular complexity index is 1810. The Morgan fingerprint density at radius 2 is 1.57 bits per heavy atom. The molecule has 0 amide bonds. The predicted octanol–water partition coefficient (Wildman–Crippen LogP) is 8.06. The van der Waals surface area contributed by atoms with Gasteiger partial charge in [-0.1, -0.05) is 86.7 Å². The standard InChI is InChI=1S/C33H25N2/c1-33(2)26-15-7-6-13-22(26)24-19-25-23-14-10-18-30-32(23)35(31(25)20-27(24)33)29-17-9-8-16-28(29)34(30)21-11-4-3-5-12-21/h3-20,29H,1-2H3/q+1. The van der Waals surface area contributed by atoms with Crippen LogP contribution in [0.15, 0.2) is 109 Å². The minimum atomic E-state index is -0.0146. The van der Waals surface area contributed by atoms with E-state index in [0.717, 1.165) is 0 Å². The molecule has 1 atom stereocenters. The highest BCUT2D eigenvalue weighted by Crippen LogP contribution is 2.52. The Hall–Kier alpha value is -4.17. The maximum Gasteiger partial charge on any atom is 0.235 e. The summed E-state index contributed by atoms with van der Waals surface area (Å²) < 4.78 is 5.02. The largest absolute Gasteiger partial charge is 0.318 e. The first-order chi connectivity index (χ1) is 17.1. The van der Waals surface area contributed by atoms with Crippen molar-refractivity contribution >= 4 is 38.9 Å². The lowest BCUT2D eigenvalue weighted by molar-refractivity contribution is 0.660. The van der Waals surface area contributed by atoms with E-state index in [1.807, 2.05) is 0 Å². The van der Waals surface area contributed by atoms with Crippen molar-refractivity contribution in [1.82, 2.24) is 9.14 Å². The number of hydrogen-bond acceptors (Lipinski definition) is 0. The molecular formula is C33H25N2+. The molecule has 0 N–H and O–H groups in total. The highest BCUT2D eigenvalue weighted by atomic mass is 15.2. The van der Waals surface area contributed by atoms with Crippen LogP contribution in [0, 0.1) is 0 Å². The van der Waals surface area contributed by atoms with Gasteiger partial charge in [-0.3, -0.25) is 0 Å². The van der Waals surface area contributed by atoms with Crippen LogP contribution in [0.2, 0.25) is 0 Å². The summed E-state index contributed by atoms with van der Waals surface area (Å²) in [5.74, 6) is 0. The van der Waals surface area contributed by atoms with Crippen LogP contribution in [-0.4, -0.2) is 10.3 Å². The van der Waals surface area contributed by atoms with E-state index in [9.17, 15) is 0 Å². The summed E-state index contributed by atoms with van der Waals surface area (Å²) in [5, 5.41) is 2.66. The van der Waals surface area contributed by atoms with Gasteiger partial charge in [0.2, 0.25) is 17.1 Å². The summed E-state index contributed by atoms with van der Waals surface area (Å²) in [4.78, 5) is 0. The van der Waals surface area contributed by atoms with Crippen LogP contribution in [0.25, 0.3) is 32.9 Å². The molecule has 2 nitrogen and oxygen atoms in total. The number of benzene rings is 4. The molecule has 1 aromatic heterocycles. The van der Waals surface area contributed by atoms with E-state index >= 15 is 0 Å². The van der Waals surface area contributed by atoms with Gasteiger partial charge in [-0.05, 0) is 34.4 Å². The van der Waals surface area contributed by atoms with Crippen LogP contribution in [-0.2, 0) is 5.41 Å². The molecule has 1 aliphatic heterocycles. The van der Waals surface area contributed by atoms with E-state index in [0.29, 0.717) is 0 Å². The fourth-order valence-electron chi connectivity index (χ4n) is 6.69. The van der Waals surface area contributed by atoms with Gasteiger partial charge in [0, 0.05) is 40.5 Å². The lowest BCUT2D eigenvalue weighted by atomic mass is 9.82. The Balaban J connectivity index is 1.52. The third-order valence-corrected chi connectivity index (χ3v) is 8.27. The van der Waals surface area contributed by atoms with Gasteiger partial charge < -0.3 is 4.57 Å². The van der Waals surface area contributed by atoms with E-state index in [2.05, 4.69) is 132 Å². The summed E-state index contributed by atoms with van der Waals surface area (Å²) in [6, 6.07) is 31.6. The normalized spacial score (nSPS) is 18.7. The Morgan fingerprint density at radius 3 is 2.46 bits per heavy atom. The van der Waals surface area contributed by atoms with Crippen molar-refractivity contribution in [3.05, 3.63) is 120 Å². The van der Waals surface area contributed by atoms with Crippen LogP contribution >= 0.6 is 0 Å². The minimum Gasteiger partial charge on any atom is -0.318 e. The van der Waals surface area contributed by atoms with Gasteiger partial charge >= 0.3 is 0 Å². The van der Waals surface area contributed by atoms with Crippen LogP contribution in [0.3, 0.4) is 0 Å². The van der Waals surface area contributed by atoms with Gasteiger partial charge in [0.05, 0.1) is 5.52 Å². The van der Waals surface area contributed by atoms with Gasteiger partial charge in [-0.2, -0.15) is 4.58 Å². The maximum absolute atomic E-state index is 2.58. The zero-order valence-corrected chi connectivity index (χ0v) is 19.9. The SMILES string of the molecule is CC1(C)c2ccccc2-c2cc3c4cccc5c4n(c3cc21)C1C=CC=CC1=[N+]5c1ccccc1. The van der Waals surface area contributed by atoms with E-state index in [4.69, 9.17) is 0 Å². The summed E-state index contributed by atoms with van der Waals surface area (Å²) in [6.45, 7) is 4.73. The molecule has 5 aromatic rings. The number of allylic oxidation sites excluding steroid dienone is 4. The topological polar surface area (TPSA) is 7.94 Å². The average Bonchev–Trinajstić information content (AvgIpc) is 3.34. The molecular weight excluding hydrogens is 424 g/mol. The van der Waals surface area contributed by atoms with Crippen molar-refractivity contribution in [3.8, 4) is 11.1 Å². The van der Waals surface area contributed by atoms with Crippen molar-refractivity contribution < 1.29 is 0 Å². The molecule has 0 bridgehead atoms. The van der Waals surface area contributed by atoms with Crippen LogP contribution in [0.4, 0.5) is 11.4 Å². The summed E-state index contributed by atoms with van der Waals surface area (Å²) in [5.41, 5.74) is 12.0. The minimum absolute atomic E-state index is 0.0146. The quantitative estimate of drug-likeness (QED) is 0.229. The van der Waals surface area contributed by atoms with Crippen LogP contribution < -0.4 is 4.58 Å². The van der Waals surface area contributed by atoms with E-state index in [-0.39, 0.29) is 11.5 Å². The first-order valence-corrected chi connectivity index (χ1v) is 12.4. The molecule has 8 rings (SSSR count). The maximum atomic E-state index is 2.58. The molecule has 0 spiro atoms. The predicted molar refractivity (Wildman–Crippen MR) is 147 cm³/mol. The smallest absolute Gasteiger partial charge is 0.235 e.